The van der Waals surface area contributed by atoms with E-state index >= 15 is 0 Å². The number of nitrogens with zero attached hydrogens (tertiary/aromatic N) is 1. The Balaban J connectivity index is 1.58. The van der Waals surface area contributed by atoms with Gasteiger partial charge >= 0.3 is 0 Å². The van der Waals surface area contributed by atoms with Crippen molar-refractivity contribution in [1.29, 1.82) is 5.26 Å². The fourth-order valence-corrected chi connectivity index (χ4v) is 4.89. The fourth-order valence-electron chi connectivity index (χ4n) is 3.69. The van der Waals surface area contributed by atoms with Crippen LogP contribution in [0, 0.1) is 11.3 Å². The number of anilines is 1. The van der Waals surface area contributed by atoms with Gasteiger partial charge in [0.15, 0.2) is 5.78 Å². The van der Waals surface area contributed by atoms with Gasteiger partial charge in [0.25, 0.3) is 0 Å². The Labute approximate surface area is 193 Å². The highest BCUT2D eigenvalue weighted by atomic mass is 35.5. The first-order valence-corrected chi connectivity index (χ1v) is 11.3. The first kappa shape index (κ1) is 21.6. The average Bonchev–Trinajstić information content (AvgIpc) is 3.28. The van der Waals surface area contributed by atoms with Gasteiger partial charge < -0.3 is 15.1 Å². The molecule has 31 heavy (non-hydrogen) atoms. The van der Waals surface area contributed by atoms with E-state index in [-0.39, 0.29) is 17.4 Å². The third-order valence-corrected chi connectivity index (χ3v) is 6.62. The van der Waals surface area contributed by atoms with Crippen LogP contribution >= 0.6 is 35.0 Å². The summed E-state index contributed by atoms with van der Waals surface area (Å²) >= 11 is 13.3. The van der Waals surface area contributed by atoms with Crippen LogP contribution in [0.5, 0.6) is 0 Å². The number of rotatable bonds is 5. The number of hydrogen-bond acceptors (Lipinski definition) is 6. The van der Waals surface area contributed by atoms with Crippen LogP contribution in [0.1, 0.15) is 30.9 Å². The number of carbonyl (C=O) groups excluding carboxylic acids is 2. The minimum atomic E-state index is -0.572. The molecule has 1 aliphatic heterocycles. The van der Waals surface area contributed by atoms with Crippen molar-refractivity contribution in [3.8, 4) is 6.07 Å². The van der Waals surface area contributed by atoms with Gasteiger partial charge in [-0.1, -0.05) is 35.0 Å². The van der Waals surface area contributed by atoms with E-state index in [1.54, 1.807) is 30.3 Å². The van der Waals surface area contributed by atoms with E-state index in [0.717, 1.165) is 12.1 Å². The molecule has 0 fully saturated rings. The quantitative estimate of drug-likeness (QED) is 0.604. The Morgan fingerprint density at radius 1 is 1.32 bits per heavy atom. The van der Waals surface area contributed by atoms with Gasteiger partial charge in [0, 0.05) is 22.7 Å². The third-order valence-electron chi connectivity index (χ3n) is 5.04. The number of allylic oxidation sites excluding steroid dienone is 3. The molecule has 0 saturated carbocycles. The van der Waals surface area contributed by atoms with Crippen LogP contribution in [-0.2, 0) is 9.59 Å². The zero-order valence-electron chi connectivity index (χ0n) is 16.2. The Hall–Kier alpha value is -2.66. The number of thioether (sulfide) groups is 1. The van der Waals surface area contributed by atoms with Crippen LogP contribution in [0.3, 0.4) is 0 Å². The minimum Gasteiger partial charge on any atom is -0.468 e. The van der Waals surface area contributed by atoms with Crippen molar-refractivity contribution in [1.82, 2.24) is 5.32 Å². The molecule has 2 aliphatic rings. The maximum Gasteiger partial charge on any atom is 0.234 e. The van der Waals surface area contributed by atoms with E-state index in [0.29, 0.717) is 50.5 Å². The highest BCUT2D eigenvalue weighted by Crippen LogP contribution is 2.44. The number of halogens is 2. The van der Waals surface area contributed by atoms with Gasteiger partial charge in [-0.3, -0.25) is 9.59 Å². The number of furan rings is 1. The van der Waals surface area contributed by atoms with Crippen LogP contribution in [0.25, 0.3) is 0 Å². The Bertz CT molecular complexity index is 1150. The predicted octanol–water partition coefficient (Wildman–Crippen LogP) is 5.39. The third kappa shape index (κ3) is 4.52. The summed E-state index contributed by atoms with van der Waals surface area (Å²) in [5, 5.41) is 17.2. The number of Topliss-reactive ketones (excluding diaryl/α,β-unsaturated/α-hetero) is 1. The van der Waals surface area contributed by atoms with E-state index in [1.165, 1.54) is 18.0 Å². The maximum absolute atomic E-state index is 12.7. The lowest BCUT2D eigenvalue weighted by Crippen LogP contribution is -2.31. The summed E-state index contributed by atoms with van der Waals surface area (Å²) in [6.45, 7) is 0. The van der Waals surface area contributed by atoms with E-state index in [1.807, 2.05) is 0 Å². The SMILES string of the molecule is N#CC1=C(SCC(=O)Nc2cc(Cl)ccc2Cl)NC2=C(C(=O)CCC2)[C@@H]1c1ccco1. The molecule has 1 aromatic heterocycles. The van der Waals surface area contributed by atoms with E-state index in [4.69, 9.17) is 27.6 Å². The highest BCUT2D eigenvalue weighted by Gasteiger charge is 2.38. The molecule has 1 atom stereocenters. The van der Waals surface area contributed by atoms with Crippen LogP contribution in [0.15, 0.2) is 62.9 Å². The molecule has 0 radical (unpaired) electrons. The highest BCUT2D eigenvalue weighted by molar-refractivity contribution is 8.03. The second-order valence-corrected chi connectivity index (χ2v) is 8.89. The predicted molar refractivity (Wildman–Crippen MR) is 121 cm³/mol. The van der Waals surface area contributed by atoms with Gasteiger partial charge in [0.2, 0.25) is 5.91 Å². The van der Waals surface area contributed by atoms with Crippen molar-refractivity contribution < 1.29 is 14.0 Å². The zero-order valence-corrected chi connectivity index (χ0v) is 18.5. The molecular weight excluding hydrogens is 457 g/mol. The number of carbonyl (C=O) groups is 2. The molecule has 9 heteroatoms. The van der Waals surface area contributed by atoms with Crippen molar-refractivity contribution in [3.63, 3.8) is 0 Å². The number of benzene rings is 1. The van der Waals surface area contributed by atoms with Crippen LogP contribution in [-0.4, -0.2) is 17.4 Å². The van der Waals surface area contributed by atoms with Gasteiger partial charge in [-0.2, -0.15) is 5.26 Å². The average molecular weight is 474 g/mol. The lowest BCUT2D eigenvalue weighted by atomic mass is 9.79. The van der Waals surface area contributed by atoms with E-state index in [2.05, 4.69) is 16.7 Å². The Kier molecular flexibility index (Phi) is 6.42. The van der Waals surface area contributed by atoms with Crippen molar-refractivity contribution in [2.24, 2.45) is 0 Å². The Morgan fingerprint density at radius 2 is 2.16 bits per heavy atom. The van der Waals surface area contributed by atoms with E-state index in [9.17, 15) is 14.9 Å². The van der Waals surface area contributed by atoms with Crippen molar-refractivity contribution in [3.05, 3.63) is 74.3 Å². The molecule has 2 aromatic rings. The summed E-state index contributed by atoms with van der Waals surface area (Å²) in [5.41, 5.74) is 2.15. The summed E-state index contributed by atoms with van der Waals surface area (Å²) in [6, 6.07) is 10.5. The van der Waals surface area contributed by atoms with Crippen LogP contribution < -0.4 is 10.6 Å². The summed E-state index contributed by atoms with van der Waals surface area (Å²) in [6.07, 6.45) is 3.41. The van der Waals surface area contributed by atoms with Crippen molar-refractivity contribution >= 4 is 52.3 Å². The summed E-state index contributed by atoms with van der Waals surface area (Å²) < 4.78 is 5.56. The van der Waals surface area contributed by atoms with Gasteiger partial charge in [0.05, 0.1) is 45.3 Å². The lowest BCUT2D eigenvalue weighted by molar-refractivity contribution is -0.116. The number of dihydropyridines is 1. The number of nitriles is 1. The largest absolute Gasteiger partial charge is 0.468 e. The normalized spacial score (nSPS) is 18.4. The monoisotopic (exact) mass is 473 g/mol. The molecule has 0 spiro atoms. The summed E-state index contributed by atoms with van der Waals surface area (Å²) in [4.78, 5) is 25.2. The first-order chi connectivity index (χ1) is 15.0. The molecule has 0 unspecified atom stereocenters. The van der Waals surface area contributed by atoms with Crippen LogP contribution in [0.2, 0.25) is 10.0 Å². The molecule has 0 saturated heterocycles. The number of nitrogens with one attached hydrogen (secondary N) is 2. The molecule has 1 aromatic carbocycles. The van der Waals surface area contributed by atoms with Crippen molar-refractivity contribution in [2.45, 2.75) is 25.2 Å². The minimum absolute atomic E-state index is 0.0142. The number of ketones is 1. The molecule has 2 heterocycles. The van der Waals surface area contributed by atoms with E-state index < -0.39 is 5.92 Å². The smallest absolute Gasteiger partial charge is 0.234 e. The molecule has 2 N–H and O–H groups in total. The van der Waals surface area contributed by atoms with Gasteiger partial charge in [-0.15, -0.1) is 0 Å². The second kappa shape index (κ2) is 9.23. The molecule has 1 amide bonds. The van der Waals surface area contributed by atoms with Gasteiger partial charge in [-0.25, -0.2) is 0 Å². The number of hydrogen-bond donors (Lipinski definition) is 2. The van der Waals surface area contributed by atoms with Crippen LogP contribution in [0.4, 0.5) is 5.69 Å². The maximum atomic E-state index is 12.7. The standard InChI is InChI=1S/C22H17Cl2N3O3S/c23-12-6-7-14(24)16(9-12)26-19(29)11-31-22-13(10-25)20(18-5-2-8-30-18)21-15(27-22)3-1-4-17(21)28/h2,5-9,20,27H,1,3-4,11H2,(H,26,29)/t20-/m0/s1. The molecule has 158 valence electrons. The molecule has 4 rings (SSSR count). The molecule has 6 nitrogen and oxygen atoms in total. The topological polar surface area (TPSA) is 95.1 Å². The molecular formula is C22H17Cl2N3O3S. The Morgan fingerprint density at radius 3 is 2.90 bits per heavy atom. The fraction of sp³-hybridized carbons (Fsp3) is 0.227. The number of amides is 1. The first-order valence-electron chi connectivity index (χ1n) is 9.56. The van der Waals surface area contributed by atoms with Gasteiger partial charge in [0.1, 0.15) is 5.76 Å². The summed E-state index contributed by atoms with van der Waals surface area (Å²) in [7, 11) is 0. The molecule has 1 aliphatic carbocycles. The zero-order chi connectivity index (χ0) is 22.0. The molecule has 0 bridgehead atoms. The second-order valence-electron chi connectivity index (χ2n) is 7.06. The summed E-state index contributed by atoms with van der Waals surface area (Å²) in [5.74, 6) is -0.279. The van der Waals surface area contributed by atoms with Gasteiger partial charge in [-0.05, 0) is 43.2 Å². The van der Waals surface area contributed by atoms with Crippen molar-refractivity contribution in [2.75, 3.05) is 11.1 Å². The lowest BCUT2D eigenvalue weighted by Gasteiger charge is -2.32.